The second-order valence-corrected chi connectivity index (χ2v) is 39.6. The van der Waals surface area contributed by atoms with Gasteiger partial charge in [-0.3, -0.25) is 39.8 Å². The molecule has 0 aliphatic carbocycles. The Labute approximate surface area is 879 Å². The van der Waals surface area contributed by atoms with E-state index in [9.17, 15) is 38.2 Å². The summed E-state index contributed by atoms with van der Waals surface area (Å²) in [6.45, 7) is 41.2. The van der Waals surface area contributed by atoms with Gasteiger partial charge in [0.05, 0.1) is 66.1 Å². The zero-order valence-electron chi connectivity index (χ0n) is 86.3. The van der Waals surface area contributed by atoms with Crippen LogP contribution in [0.25, 0.3) is 0 Å². The molecule has 2 amide bonds. The first-order valence-corrected chi connectivity index (χ1v) is 51.0. The molecule has 5 aromatic heterocycles. The Morgan fingerprint density at radius 2 is 1.28 bits per heavy atom. The zero-order chi connectivity index (χ0) is 108. The molecule has 145 heavy (non-hydrogen) atoms. The highest BCUT2D eigenvalue weighted by molar-refractivity contribution is 7.89. The van der Waals surface area contributed by atoms with E-state index >= 15 is 0 Å². The number of aromatic nitrogens is 6. The third kappa shape index (κ3) is 48.5. The Bertz CT molecular complexity index is 5940. The van der Waals surface area contributed by atoms with E-state index in [0.29, 0.717) is 61.5 Å². The molecule has 0 bridgehead atoms. The predicted octanol–water partition coefficient (Wildman–Crippen LogP) is 23.5. The Morgan fingerprint density at radius 3 is 1.70 bits per heavy atom. The molecule has 786 valence electrons. The van der Waals surface area contributed by atoms with E-state index in [0.717, 1.165) is 151 Å². The van der Waals surface area contributed by atoms with Gasteiger partial charge in [0.2, 0.25) is 11.0 Å². The lowest BCUT2D eigenvalue weighted by Gasteiger charge is -2.47. The number of aliphatic hydroxyl groups is 2. The molecule has 8 N–H and O–H groups in total. The largest absolute Gasteiger partial charge is 0.496 e. The first kappa shape index (κ1) is 127. The van der Waals surface area contributed by atoms with E-state index < -0.39 is 26.0 Å². The number of hydrogen-bond donors (Lipinski definition) is 6. The topological polar surface area (TPSA) is 444 Å². The van der Waals surface area contributed by atoms with Crippen LogP contribution in [0.15, 0.2) is 215 Å². The van der Waals surface area contributed by atoms with Crippen molar-refractivity contribution in [3.63, 3.8) is 0 Å². The molecular weight excluding hydrogens is 1990 g/mol. The summed E-state index contributed by atoms with van der Waals surface area (Å²) < 4.78 is 57.0. The second-order valence-electron chi connectivity index (χ2n) is 33.0. The van der Waals surface area contributed by atoms with Gasteiger partial charge in [0.15, 0.2) is 0 Å². The lowest BCUT2D eigenvalue weighted by atomic mass is 9.88. The molecule has 0 radical (unpaired) electrons. The van der Waals surface area contributed by atoms with Gasteiger partial charge in [0.25, 0.3) is 21.4 Å². The zero-order valence-corrected chi connectivity index (χ0v) is 91.8. The van der Waals surface area contributed by atoms with Crippen molar-refractivity contribution < 1.29 is 76.0 Å². The molecule has 0 spiro atoms. The third-order valence-electron chi connectivity index (χ3n) is 20.6. The number of nitro groups is 2. The van der Waals surface area contributed by atoms with Gasteiger partial charge in [0.1, 0.15) is 60.5 Å². The van der Waals surface area contributed by atoms with E-state index in [1.54, 1.807) is 62.2 Å². The summed E-state index contributed by atoms with van der Waals surface area (Å²) in [5, 5.41) is 63.0. The van der Waals surface area contributed by atoms with Crippen LogP contribution in [0.1, 0.15) is 165 Å². The van der Waals surface area contributed by atoms with Gasteiger partial charge >= 0.3 is 6.09 Å². The SMILES string of the molecule is C=O.CC(=O)N1C(C)CN1C(=O)ON.COCCCCCN(OCCCN)S(=O)(=O)c1c(C)c(C)c2c(c1C)CCC(C)(C)O2.COc1ccc([N+](=O)[O-])cc1C.Cc1cc(Cl)sc1Cl.Cc1ccc([N+](=O)[O-])cc1.Cc1cccc(C)c1.Cc1cccc(Cl)c1.Cc1cnccn1.Cc1csc(C)n1.Cc1noc(C)c1C.OCNc1ccc(OCc2ccccc2)cc1.OCNc1nnc(Cc2ccccc2)s1. The van der Waals surface area contributed by atoms with Crippen molar-refractivity contribution in [1.29, 1.82) is 0 Å². The summed E-state index contributed by atoms with van der Waals surface area (Å²) in [7, 11) is -0.633. The van der Waals surface area contributed by atoms with Crippen LogP contribution in [0, 0.1) is 124 Å². The maximum absolute atomic E-state index is 13.8. The molecule has 1 atom stereocenters. The van der Waals surface area contributed by atoms with Crippen LogP contribution in [0.2, 0.25) is 13.7 Å². The molecule has 1 fully saturated rings. The van der Waals surface area contributed by atoms with Crippen molar-refractivity contribution in [3.05, 3.63) is 345 Å². The number of methoxy groups -OCH3 is 2. The number of ether oxygens (including phenoxy) is 4. The minimum Gasteiger partial charge on any atom is -0.496 e. The molecule has 7 heterocycles. The Balaban J connectivity index is 0.000000419. The number of benzene rings is 8. The first-order chi connectivity index (χ1) is 68.9. The Hall–Kier alpha value is -12.3. The van der Waals surface area contributed by atoms with Gasteiger partial charge in [-0.25, -0.2) is 28.2 Å². The minimum atomic E-state index is -3.84. The summed E-state index contributed by atoms with van der Waals surface area (Å²) >= 11 is 21.5. The molecule has 33 nitrogen and oxygen atoms in total. The molecule has 0 saturated carbocycles. The summed E-state index contributed by atoms with van der Waals surface area (Å²) in [6.07, 6.45) is 9.82. The van der Waals surface area contributed by atoms with Crippen LogP contribution in [0.3, 0.4) is 0 Å². The number of carbonyl (C=O) groups is 3. The number of hydrazine groups is 1. The fourth-order valence-corrected chi connectivity index (χ4v) is 17.7. The van der Waals surface area contributed by atoms with E-state index in [-0.39, 0.29) is 49.0 Å². The number of anilines is 2. The number of non-ortho nitro benzene ring substituents is 2. The second kappa shape index (κ2) is 68.9. The highest BCUT2D eigenvalue weighted by Crippen LogP contribution is 2.43. The molecular formula is C105H138Cl3N15O18S4. The van der Waals surface area contributed by atoms with Gasteiger partial charge < -0.3 is 59.7 Å². The van der Waals surface area contributed by atoms with Crippen molar-refractivity contribution in [1.82, 2.24) is 44.8 Å². The number of halogens is 3. The van der Waals surface area contributed by atoms with Gasteiger partial charge in [-0.2, -0.15) is 5.90 Å². The highest BCUT2D eigenvalue weighted by atomic mass is 35.5. The number of hydrogen-bond acceptors (Lipinski definition) is 31. The number of nitrogens with one attached hydrogen (secondary N) is 2. The van der Waals surface area contributed by atoms with Crippen LogP contribution < -0.4 is 36.5 Å². The number of unbranched alkanes of at least 4 members (excludes halogenated alkanes) is 2. The Kier molecular flexibility index (Phi) is 60.3. The quantitative estimate of drug-likeness (QED) is 0.0142. The lowest BCUT2D eigenvalue weighted by molar-refractivity contribution is -0.385. The average molecular weight is 2130 g/mol. The normalized spacial score (nSPS) is 11.8. The average Bonchev–Trinajstić information content (AvgIpc) is 1.19. The number of fused-ring (bicyclic) bond motifs is 1. The smallest absolute Gasteiger partial charge is 0.447 e. The van der Waals surface area contributed by atoms with Gasteiger partial charge in [0, 0.05) is 104 Å². The van der Waals surface area contributed by atoms with Gasteiger partial charge in [-0.1, -0.05) is 182 Å². The number of thiazole rings is 1. The molecule has 40 heteroatoms. The summed E-state index contributed by atoms with van der Waals surface area (Å²) in [4.78, 5) is 71.3. The number of sulfonamides is 1. The monoisotopic (exact) mass is 2130 g/mol. The molecule has 2 aliphatic rings. The summed E-state index contributed by atoms with van der Waals surface area (Å²) in [6, 6.07) is 56.7. The molecule has 2 aliphatic heterocycles. The van der Waals surface area contributed by atoms with Crippen molar-refractivity contribution in [2.75, 3.05) is 71.2 Å². The van der Waals surface area contributed by atoms with Crippen molar-refractivity contribution >= 4 is 120 Å². The lowest BCUT2D eigenvalue weighted by Crippen LogP contribution is -2.66. The van der Waals surface area contributed by atoms with Gasteiger partial charge in [-0.15, -0.1) is 32.9 Å². The number of hydroxylamine groups is 1. The van der Waals surface area contributed by atoms with Crippen LogP contribution >= 0.6 is 68.8 Å². The maximum atomic E-state index is 13.8. The van der Waals surface area contributed by atoms with E-state index in [2.05, 4.69) is 121 Å². The standard InChI is InChI=1S/C23H40N2O5S.C14H15NO2.C10H11N3OS.C8H9NO3.C8H10.C7H7Cl.C7H7NO2.C6H11N3O3.C6H9NO.C5H4Cl2S.C5H6N2.C5H7NS.CH2O/c1-17-18(2)22(19(3)20-11-12-23(4,5)30-21(17)20)31(26,27)25(29-16-10-13-24)14-8-7-9-15-28-6;16-11-15-13-6-8-14(9-7-13)17-10-12-4-2-1-3-5-12;14-7-11-10-13-12-9(15-10)6-8-4-2-1-3-5-8;1-6-5-7(9(10)11)3-4-8(6)12-2;1-7-4-3-5-8(2)6-7;1-6-3-2-4-7(8)5-6;1-6-2-4-7(5-3-6)8(9)10;1-4-3-8(6(11)12-7)9(4)5(2)10;1-4-5(2)7-8-6(4)3;1-3-2-4(6)8-5(3)7;1-5-4-6-2-3-7-5;1-4-3-7-5(2)6-4;1-2/h7-16,24H2,1-6H3;1-9,15-16H,10-11H2;1-5,14H,6-7H2,(H,11,13);3-5H,1-2H3;3-6H,1-2H3;2-5H,1H3;2-5H,1H3;4H,3,7H2,1-2H3;1-3H3;2H,1H3;2-4H,1H3;3H,1-2H3;1H2. The molecule has 8 aromatic carbocycles. The van der Waals surface area contributed by atoms with E-state index in [4.69, 9.17) is 83.9 Å². The molecule has 15 rings (SSSR count). The number of aliphatic hydroxyl groups excluding tert-OH is 2. The number of amides is 2. The molecule has 13 aromatic rings. The van der Waals surface area contributed by atoms with Crippen LogP contribution in [0.5, 0.6) is 17.2 Å². The van der Waals surface area contributed by atoms with Crippen LogP contribution in [-0.4, -0.2) is 164 Å². The number of carbonyl (C=O) groups excluding carboxylic acids is 3. The van der Waals surface area contributed by atoms with Crippen molar-refractivity contribution in [2.45, 2.75) is 200 Å². The minimum absolute atomic E-state index is 0.0431. The van der Waals surface area contributed by atoms with Crippen LogP contribution in [0.4, 0.5) is 27.0 Å². The van der Waals surface area contributed by atoms with Crippen molar-refractivity contribution in [2.24, 2.45) is 11.6 Å². The maximum Gasteiger partial charge on any atom is 0.447 e. The number of nitrogens with zero attached hydrogens (tertiary/aromatic N) is 11. The van der Waals surface area contributed by atoms with E-state index in [1.165, 1.54) is 92.7 Å². The van der Waals surface area contributed by atoms with Crippen LogP contribution in [-0.2, 0) is 53.5 Å². The first-order valence-electron chi connectivity index (χ1n) is 45.9. The van der Waals surface area contributed by atoms with E-state index in [1.807, 2.05) is 200 Å². The molecule has 1 unspecified atom stereocenters. The predicted molar refractivity (Wildman–Crippen MR) is 580 cm³/mol. The number of thiophene rings is 1. The third-order valence-corrected chi connectivity index (χ3v) is 26.3. The number of nitrogens with two attached hydrogens (primary N) is 2. The number of aryl methyl sites for hydroxylation is 11. The number of nitro benzene ring substituents is 2. The fourth-order valence-electron chi connectivity index (χ4n) is 12.9. The van der Waals surface area contributed by atoms with Crippen molar-refractivity contribution in [3.8, 4) is 17.2 Å². The summed E-state index contributed by atoms with van der Waals surface area (Å²) in [5.74, 6) is 7.70. The Morgan fingerprint density at radius 1 is 0.669 bits per heavy atom. The highest BCUT2D eigenvalue weighted by Gasteiger charge is 2.40. The van der Waals surface area contributed by atoms with Gasteiger partial charge in [-0.05, 0) is 268 Å². The fraction of sp³-hybridized carbons (Fsp3) is 0.362. The summed E-state index contributed by atoms with van der Waals surface area (Å²) in [5.41, 5.74) is 23.1. The number of rotatable bonds is 24. The molecule has 1 saturated heterocycles.